The maximum atomic E-state index is 12.2. The SMILES string of the molecule is C[S@](=O)c1ccc(C(=O)NCc2ccc(Cn3cncn3)cc2)cc1. The molecule has 0 saturated heterocycles. The molecule has 0 fully saturated rings. The molecule has 25 heavy (non-hydrogen) atoms. The smallest absolute Gasteiger partial charge is 0.251 e. The van der Waals surface area contributed by atoms with Crippen LogP contribution in [0.5, 0.6) is 0 Å². The molecular weight excluding hydrogens is 336 g/mol. The molecule has 7 heteroatoms. The van der Waals surface area contributed by atoms with Crippen molar-refractivity contribution < 1.29 is 9.00 Å². The van der Waals surface area contributed by atoms with Gasteiger partial charge in [0.15, 0.2) is 0 Å². The summed E-state index contributed by atoms with van der Waals surface area (Å²) in [5.41, 5.74) is 2.68. The Labute approximate surface area is 148 Å². The molecule has 3 aromatic rings. The highest BCUT2D eigenvalue weighted by atomic mass is 32.2. The van der Waals surface area contributed by atoms with Crippen molar-refractivity contribution in [3.8, 4) is 0 Å². The van der Waals surface area contributed by atoms with E-state index in [1.54, 1.807) is 41.5 Å². The third kappa shape index (κ3) is 4.60. The van der Waals surface area contributed by atoms with Gasteiger partial charge in [0.1, 0.15) is 12.7 Å². The number of hydrogen-bond acceptors (Lipinski definition) is 4. The monoisotopic (exact) mass is 354 g/mol. The molecule has 6 nitrogen and oxygen atoms in total. The Bertz CT molecular complexity index is 859. The van der Waals surface area contributed by atoms with Crippen molar-refractivity contribution in [1.29, 1.82) is 0 Å². The van der Waals surface area contributed by atoms with E-state index in [1.807, 2.05) is 24.3 Å². The summed E-state index contributed by atoms with van der Waals surface area (Å²) in [6.07, 6.45) is 4.80. The van der Waals surface area contributed by atoms with E-state index < -0.39 is 10.8 Å². The van der Waals surface area contributed by atoms with Crippen molar-refractivity contribution in [2.75, 3.05) is 6.26 Å². The number of nitrogens with one attached hydrogen (secondary N) is 1. The van der Waals surface area contributed by atoms with E-state index in [0.717, 1.165) is 11.1 Å². The Kier molecular flexibility index (Phi) is 5.35. The van der Waals surface area contributed by atoms with Crippen LogP contribution in [0.4, 0.5) is 0 Å². The minimum Gasteiger partial charge on any atom is -0.348 e. The van der Waals surface area contributed by atoms with Gasteiger partial charge in [-0.05, 0) is 35.4 Å². The number of carbonyl (C=O) groups is 1. The minimum absolute atomic E-state index is 0.153. The Balaban J connectivity index is 1.55. The summed E-state index contributed by atoms with van der Waals surface area (Å²) in [4.78, 5) is 16.8. The maximum absolute atomic E-state index is 12.2. The molecule has 0 aliphatic rings. The van der Waals surface area contributed by atoms with E-state index >= 15 is 0 Å². The lowest BCUT2D eigenvalue weighted by Gasteiger charge is -2.07. The van der Waals surface area contributed by atoms with Gasteiger partial charge in [0, 0.05) is 34.1 Å². The fraction of sp³-hybridized carbons (Fsp3) is 0.167. The van der Waals surface area contributed by atoms with E-state index in [0.29, 0.717) is 23.5 Å². The Hall–Kier alpha value is -2.80. The number of rotatable bonds is 6. The molecule has 3 rings (SSSR count). The molecule has 0 aliphatic carbocycles. The summed E-state index contributed by atoms with van der Waals surface area (Å²) in [5.74, 6) is -0.153. The van der Waals surface area contributed by atoms with Crippen LogP contribution in [-0.2, 0) is 23.9 Å². The molecule has 0 saturated carbocycles. The second-order valence-corrected chi connectivity index (χ2v) is 6.95. The second-order valence-electron chi connectivity index (χ2n) is 5.57. The predicted octanol–water partition coefficient (Wildman–Crippen LogP) is 1.99. The first-order valence-electron chi connectivity index (χ1n) is 7.74. The van der Waals surface area contributed by atoms with Gasteiger partial charge in [-0.15, -0.1) is 0 Å². The highest BCUT2D eigenvalue weighted by Gasteiger charge is 2.06. The molecule has 0 radical (unpaired) electrons. The molecule has 0 bridgehead atoms. The standard InChI is InChI=1S/C18H18N4O2S/c1-25(24)17-8-6-16(7-9-17)18(23)20-10-14-2-4-15(5-3-14)11-22-13-19-12-21-22/h2-9,12-13H,10-11H2,1H3,(H,20,23)/t25-/m0/s1. The van der Waals surface area contributed by atoms with E-state index in [2.05, 4.69) is 15.4 Å². The molecule has 2 aromatic carbocycles. The van der Waals surface area contributed by atoms with Crippen LogP contribution in [0.25, 0.3) is 0 Å². The number of hydrogen-bond donors (Lipinski definition) is 1. The number of carbonyl (C=O) groups excluding carboxylic acids is 1. The summed E-state index contributed by atoms with van der Waals surface area (Å²) in [6.45, 7) is 1.11. The van der Waals surface area contributed by atoms with Crippen molar-refractivity contribution in [2.45, 2.75) is 18.0 Å². The van der Waals surface area contributed by atoms with E-state index in [4.69, 9.17) is 0 Å². The second kappa shape index (κ2) is 7.85. The quantitative estimate of drug-likeness (QED) is 0.734. The average molecular weight is 354 g/mol. The lowest BCUT2D eigenvalue weighted by Crippen LogP contribution is -2.22. The Morgan fingerprint density at radius 2 is 1.76 bits per heavy atom. The third-order valence-electron chi connectivity index (χ3n) is 3.74. The zero-order chi connectivity index (χ0) is 17.6. The summed E-state index contributed by atoms with van der Waals surface area (Å²) in [7, 11) is -1.04. The van der Waals surface area contributed by atoms with Crippen LogP contribution in [0.15, 0.2) is 66.1 Å². The molecule has 0 unspecified atom stereocenters. The lowest BCUT2D eigenvalue weighted by atomic mass is 10.1. The Morgan fingerprint density at radius 1 is 1.08 bits per heavy atom. The summed E-state index contributed by atoms with van der Waals surface area (Å²) >= 11 is 0. The Morgan fingerprint density at radius 3 is 2.36 bits per heavy atom. The van der Waals surface area contributed by atoms with Gasteiger partial charge in [-0.25, -0.2) is 9.67 Å². The molecule has 1 aromatic heterocycles. The largest absolute Gasteiger partial charge is 0.348 e. The normalized spacial score (nSPS) is 11.9. The van der Waals surface area contributed by atoms with Crippen LogP contribution in [0, 0.1) is 0 Å². The van der Waals surface area contributed by atoms with Crippen molar-refractivity contribution in [1.82, 2.24) is 20.1 Å². The first-order chi connectivity index (χ1) is 12.1. The van der Waals surface area contributed by atoms with E-state index in [9.17, 15) is 9.00 Å². The minimum atomic E-state index is -1.04. The van der Waals surface area contributed by atoms with Crippen LogP contribution in [0.2, 0.25) is 0 Å². The predicted molar refractivity (Wildman–Crippen MR) is 95.5 cm³/mol. The molecule has 1 amide bonds. The molecular formula is C18H18N4O2S. The van der Waals surface area contributed by atoms with E-state index in [-0.39, 0.29) is 5.91 Å². The van der Waals surface area contributed by atoms with Crippen molar-refractivity contribution in [3.05, 3.63) is 77.9 Å². The van der Waals surface area contributed by atoms with Crippen LogP contribution >= 0.6 is 0 Å². The third-order valence-corrected chi connectivity index (χ3v) is 4.67. The van der Waals surface area contributed by atoms with Gasteiger partial charge in [-0.3, -0.25) is 9.00 Å². The molecule has 0 aliphatic heterocycles. The van der Waals surface area contributed by atoms with Gasteiger partial charge in [-0.1, -0.05) is 24.3 Å². The van der Waals surface area contributed by atoms with Gasteiger partial charge < -0.3 is 5.32 Å². The van der Waals surface area contributed by atoms with Gasteiger partial charge in [0.2, 0.25) is 0 Å². The molecule has 1 heterocycles. The van der Waals surface area contributed by atoms with Crippen LogP contribution < -0.4 is 5.32 Å². The number of aromatic nitrogens is 3. The topological polar surface area (TPSA) is 76.9 Å². The highest BCUT2D eigenvalue weighted by molar-refractivity contribution is 7.84. The lowest BCUT2D eigenvalue weighted by molar-refractivity contribution is 0.0951. The van der Waals surface area contributed by atoms with Crippen molar-refractivity contribution >= 4 is 16.7 Å². The molecule has 0 spiro atoms. The zero-order valence-corrected chi connectivity index (χ0v) is 14.6. The fourth-order valence-corrected chi connectivity index (χ4v) is 2.87. The number of benzene rings is 2. The van der Waals surface area contributed by atoms with Gasteiger partial charge >= 0.3 is 0 Å². The van der Waals surface area contributed by atoms with Gasteiger partial charge in [0.05, 0.1) is 6.54 Å². The summed E-state index contributed by atoms with van der Waals surface area (Å²) in [6, 6.07) is 14.8. The van der Waals surface area contributed by atoms with Crippen molar-refractivity contribution in [2.24, 2.45) is 0 Å². The van der Waals surface area contributed by atoms with Crippen LogP contribution in [0.1, 0.15) is 21.5 Å². The fourth-order valence-electron chi connectivity index (χ4n) is 2.35. The molecule has 128 valence electrons. The summed E-state index contributed by atoms with van der Waals surface area (Å²) in [5, 5.41) is 6.96. The molecule has 1 atom stereocenters. The molecule has 1 N–H and O–H groups in total. The first kappa shape index (κ1) is 17.0. The van der Waals surface area contributed by atoms with E-state index in [1.165, 1.54) is 6.33 Å². The average Bonchev–Trinajstić information content (AvgIpc) is 3.14. The van der Waals surface area contributed by atoms with Crippen molar-refractivity contribution in [3.63, 3.8) is 0 Å². The summed E-state index contributed by atoms with van der Waals surface area (Å²) < 4.78 is 13.1. The number of amides is 1. The van der Waals surface area contributed by atoms with Crippen LogP contribution in [0.3, 0.4) is 0 Å². The van der Waals surface area contributed by atoms with Gasteiger partial charge in [-0.2, -0.15) is 5.10 Å². The highest BCUT2D eigenvalue weighted by Crippen LogP contribution is 2.09. The van der Waals surface area contributed by atoms with Crippen LogP contribution in [-0.4, -0.2) is 31.1 Å². The maximum Gasteiger partial charge on any atom is 0.251 e. The zero-order valence-electron chi connectivity index (χ0n) is 13.8. The number of nitrogens with zero attached hydrogens (tertiary/aromatic N) is 3. The van der Waals surface area contributed by atoms with Gasteiger partial charge in [0.25, 0.3) is 5.91 Å². The first-order valence-corrected chi connectivity index (χ1v) is 9.29.